The second kappa shape index (κ2) is 5.91. The van der Waals surface area contributed by atoms with E-state index >= 15 is 0 Å². The Morgan fingerprint density at radius 1 is 0.842 bits per heavy atom. The number of para-hydroxylation sites is 2. The van der Waals surface area contributed by atoms with Gasteiger partial charge in [-0.2, -0.15) is 0 Å². The Kier molecular flexibility index (Phi) is 4.04. The molecular formula is C17H16O2. The zero-order valence-corrected chi connectivity index (χ0v) is 10.7. The highest BCUT2D eigenvalue weighted by molar-refractivity contribution is 5.65. The van der Waals surface area contributed by atoms with Crippen molar-refractivity contribution in [3.05, 3.63) is 71.3 Å². The van der Waals surface area contributed by atoms with E-state index in [1.807, 2.05) is 49.4 Å². The topological polar surface area (TPSA) is 40.5 Å². The zero-order valence-electron chi connectivity index (χ0n) is 10.7. The van der Waals surface area contributed by atoms with Crippen molar-refractivity contribution in [2.75, 3.05) is 0 Å². The number of hydrogen-bond donors (Lipinski definition) is 2. The summed E-state index contributed by atoms with van der Waals surface area (Å²) in [7, 11) is 0. The molecule has 2 N–H and O–H groups in total. The molecule has 0 bridgehead atoms. The molecule has 0 radical (unpaired) electrons. The van der Waals surface area contributed by atoms with Crippen LogP contribution in [0.4, 0.5) is 0 Å². The lowest BCUT2D eigenvalue weighted by molar-refractivity contribution is 0.473. The summed E-state index contributed by atoms with van der Waals surface area (Å²) in [6.07, 6.45) is 5.65. The van der Waals surface area contributed by atoms with Crippen molar-refractivity contribution in [2.24, 2.45) is 0 Å². The van der Waals surface area contributed by atoms with Crippen LogP contribution in [0.5, 0.6) is 11.5 Å². The normalized spacial score (nSPS) is 11.9. The van der Waals surface area contributed by atoms with Gasteiger partial charge in [0, 0.05) is 11.1 Å². The third-order valence-electron chi connectivity index (χ3n) is 2.78. The van der Waals surface area contributed by atoms with Gasteiger partial charge in [0.15, 0.2) is 0 Å². The third kappa shape index (κ3) is 3.49. The molecule has 2 nitrogen and oxygen atoms in total. The van der Waals surface area contributed by atoms with Crippen molar-refractivity contribution in [2.45, 2.75) is 6.92 Å². The van der Waals surface area contributed by atoms with E-state index in [4.69, 9.17) is 0 Å². The van der Waals surface area contributed by atoms with E-state index in [0.717, 1.165) is 16.7 Å². The lowest BCUT2D eigenvalue weighted by Crippen LogP contribution is -1.77. The standard InChI is InChI=1S/C17H16O2/c1-13(12-15-7-3-5-9-17(15)19)10-11-14-6-2-4-8-16(14)18/h2-12,18-19H,1H3/b11-10+,13-12+. The minimum absolute atomic E-state index is 0.258. The molecule has 0 atom stereocenters. The van der Waals surface area contributed by atoms with Gasteiger partial charge in [0.05, 0.1) is 0 Å². The molecule has 0 fully saturated rings. The van der Waals surface area contributed by atoms with Crippen LogP contribution in [0.2, 0.25) is 0 Å². The van der Waals surface area contributed by atoms with Crippen molar-refractivity contribution in [1.82, 2.24) is 0 Å². The van der Waals surface area contributed by atoms with Gasteiger partial charge in [-0.15, -0.1) is 0 Å². The van der Waals surface area contributed by atoms with Crippen LogP contribution in [0, 0.1) is 0 Å². The Labute approximate surface area is 113 Å². The highest BCUT2D eigenvalue weighted by atomic mass is 16.3. The molecule has 2 aromatic rings. The highest BCUT2D eigenvalue weighted by Crippen LogP contribution is 2.21. The van der Waals surface area contributed by atoms with Gasteiger partial charge in [-0.05, 0) is 25.1 Å². The van der Waals surface area contributed by atoms with Gasteiger partial charge in [-0.25, -0.2) is 0 Å². The number of aromatic hydroxyl groups is 2. The van der Waals surface area contributed by atoms with E-state index in [9.17, 15) is 10.2 Å². The first-order valence-electron chi connectivity index (χ1n) is 6.09. The van der Waals surface area contributed by atoms with Crippen molar-refractivity contribution in [1.29, 1.82) is 0 Å². The fourth-order valence-electron chi connectivity index (χ4n) is 1.75. The molecule has 2 rings (SSSR count). The Hall–Kier alpha value is -2.48. The van der Waals surface area contributed by atoms with Crippen LogP contribution in [0.15, 0.2) is 60.2 Å². The maximum atomic E-state index is 9.68. The van der Waals surface area contributed by atoms with Crippen LogP contribution in [0.3, 0.4) is 0 Å². The van der Waals surface area contributed by atoms with Crippen LogP contribution in [-0.2, 0) is 0 Å². The van der Waals surface area contributed by atoms with E-state index in [0.29, 0.717) is 0 Å². The van der Waals surface area contributed by atoms with Crippen LogP contribution >= 0.6 is 0 Å². The first-order valence-corrected chi connectivity index (χ1v) is 6.09. The molecule has 0 spiro atoms. The van der Waals surface area contributed by atoms with Crippen molar-refractivity contribution in [3.63, 3.8) is 0 Å². The molecule has 0 amide bonds. The number of allylic oxidation sites excluding steroid dienone is 2. The Balaban J connectivity index is 2.20. The molecule has 0 saturated carbocycles. The first kappa shape index (κ1) is 13.0. The third-order valence-corrected chi connectivity index (χ3v) is 2.78. The Morgan fingerprint density at radius 2 is 1.37 bits per heavy atom. The molecule has 0 aliphatic carbocycles. The van der Waals surface area contributed by atoms with Crippen LogP contribution in [0.25, 0.3) is 12.2 Å². The van der Waals surface area contributed by atoms with Gasteiger partial charge >= 0.3 is 0 Å². The average Bonchev–Trinajstić information content (AvgIpc) is 2.40. The number of phenolic OH excluding ortho intramolecular Hbond substituents is 2. The van der Waals surface area contributed by atoms with E-state index in [2.05, 4.69) is 0 Å². The average molecular weight is 252 g/mol. The number of phenols is 2. The minimum Gasteiger partial charge on any atom is -0.507 e. The fourth-order valence-corrected chi connectivity index (χ4v) is 1.75. The number of benzene rings is 2. The van der Waals surface area contributed by atoms with E-state index in [-0.39, 0.29) is 11.5 Å². The molecule has 2 aromatic carbocycles. The quantitative estimate of drug-likeness (QED) is 0.803. The van der Waals surface area contributed by atoms with Crippen molar-refractivity contribution >= 4 is 12.2 Å². The molecular weight excluding hydrogens is 236 g/mol. The Bertz CT molecular complexity index is 625. The molecule has 0 aromatic heterocycles. The van der Waals surface area contributed by atoms with Gasteiger partial charge in [-0.1, -0.05) is 54.1 Å². The molecule has 0 heterocycles. The van der Waals surface area contributed by atoms with Gasteiger partial charge in [-0.3, -0.25) is 0 Å². The van der Waals surface area contributed by atoms with Gasteiger partial charge in [0.2, 0.25) is 0 Å². The van der Waals surface area contributed by atoms with Crippen molar-refractivity contribution < 1.29 is 10.2 Å². The summed E-state index contributed by atoms with van der Waals surface area (Å²) in [6.45, 7) is 1.95. The molecule has 0 aliphatic rings. The Morgan fingerprint density at radius 3 is 1.95 bits per heavy atom. The number of hydrogen-bond acceptors (Lipinski definition) is 2. The van der Waals surface area contributed by atoms with E-state index < -0.39 is 0 Å². The molecule has 0 saturated heterocycles. The van der Waals surface area contributed by atoms with Gasteiger partial charge in [0.25, 0.3) is 0 Å². The van der Waals surface area contributed by atoms with Gasteiger partial charge < -0.3 is 10.2 Å². The maximum absolute atomic E-state index is 9.68. The van der Waals surface area contributed by atoms with E-state index in [1.54, 1.807) is 24.3 Å². The predicted molar refractivity (Wildman–Crippen MR) is 78.9 cm³/mol. The molecule has 96 valence electrons. The summed E-state index contributed by atoms with van der Waals surface area (Å²) < 4.78 is 0. The zero-order chi connectivity index (χ0) is 13.7. The molecule has 0 aliphatic heterocycles. The van der Waals surface area contributed by atoms with Crippen LogP contribution < -0.4 is 0 Å². The first-order chi connectivity index (χ1) is 9.16. The summed E-state index contributed by atoms with van der Waals surface area (Å²) in [6, 6.07) is 14.4. The van der Waals surface area contributed by atoms with Crippen LogP contribution in [-0.4, -0.2) is 10.2 Å². The maximum Gasteiger partial charge on any atom is 0.122 e. The molecule has 0 unspecified atom stereocenters. The lowest BCUT2D eigenvalue weighted by Gasteiger charge is -2.00. The summed E-state index contributed by atoms with van der Waals surface area (Å²) in [4.78, 5) is 0. The van der Waals surface area contributed by atoms with Crippen molar-refractivity contribution in [3.8, 4) is 11.5 Å². The minimum atomic E-state index is 0.258. The highest BCUT2D eigenvalue weighted by Gasteiger charge is 1.96. The summed E-state index contributed by atoms with van der Waals surface area (Å²) >= 11 is 0. The lowest BCUT2D eigenvalue weighted by atomic mass is 10.1. The second-order valence-electron chi connectivity index (χ2n) is 4.34. The molecule has 2 heteroatoms. The number of rotatable bonds is 3. The predicted octanol–water partition coefficient (Wildman–Crippen LogP) is 4.21. The molecule has 19 heavy (non-hydrogen) atoms. The summed E-state index contributed by atoms with van der Waals surface area (Å²) in [5.74, 6) is 0.520. The van der Waals surface area contributed by atoms with Gasteiger partial charge in [0.1, 0.15) is 11.5 Å². The van der Waals surface area contributed by atoms with E-state index in [1.165, 1.54) is 0 Å². The largest absolute Gasteiger partial charge is 0.507 e. The second-order valence-corrected chi connectivity index (χ2v) is 4.34. The smallest absolute Gasteiger partial charge is 0.122 e. The van der Waals surface area contributed by atoms with Crippen LogP contribution in [0.1, 0.15) is 18.1 Å². The SMILES string of the molecule is CC(/C=C/c1ccccc1O)=C\c1ccccc1O. The fraction of sp³-hybridized carbons (Fsp3) is 0.0588. The summed E-state index contributed by atoms with van der Waals surface area (Å²) in [5, 5.41) is 19.3. The monoisotopic (exact) mass is 252 g/mol. The summed E-state index contributed by atoms with van der Waals surface area (Å²) in [5.41, 5.74) is 2.54.